The number of hydrogen-bond donors (Lipinski definition) is 3. The van der Waals surface area contributed by atoms with Crippen molar-refractivity contribution >= 4 is 28.7 Å². The third kappa shape index (κ3) is 3.65. The first kappa shape index (κ1) is 20.3. The fraction of sp³-hybridized carbons (Fsp3) is 0.318. The lowest BCUT2D eigenvalue weighted by Crippen LogP contribution is -2.67. The maximum Gasteiger partial charge on any atom is 0.416 e. The number of H-pyrrole nitrogens is 1. The van der Waals surface area contributed by atoms with Crippen molar-refractivity contribution in [2.24, 2.45) is 5.41 Å². The molecule has 32 heavy (non-hydrogen) atoms. The van der Waals surface area contributed by atoms with Gasteiger partial charge < -0.3 is 20.5 Å². The zero-order valence-corrected chi connectivity index (χ0v) is 16.9. The van der Waals surface area contributed by atoms with Gasteiger partial charge in [0, 0.05) is 48.0 Å². The Bertz CT molecular complexity index is 1190. The Hall–Kier alpha value is -3.56. The van der Waals surface area contributed by atoms with Crippen LogP contribution in [0.15, 0.2) is 48.8 Å². The van der Waals surface area contributed by atoms with Crippen LogP contribution in [-0.4, -0.2) is 45.9 Å². The third-order valence-electron chi connectivity index (χ3n) is 6.17. The van der Waals surface area contributed by atoms with Crippen molar-refractivity contribution in [1.82, 2.24) is 20.2 Å². The van der Waals surface area contributed by atoms with E-state index in [9.17, 15) is 22.8 Å². The van der Waals surface area contributed by atoms with Crippen LogP contribution in [0.5, 0.6) is 0 Å². The predicted octanol–water partition coefficient (Wildman–Crippen LogP) is 4.01. The Morgan fingerprint density at radius 2 is 1.94 bits per heavy atom. The summed E-state index contributed by atoms with van der Waals surface area (Å²) in [7, 11) is 0. The molecule has 0 atom stereocenters. The quantitative estimate of drug-likeness (QED) is 0.572. The van der Waals surface area contributed by atoms with E-state index in [-0.39, 0.29) is 23.1 Å². The van der Waals surface area contributed by atoms with Crippen LogP contribution < -0.4 is 10.6 Å². The molecule has 1 aromatic carbocycles. The van der Waals surface area contributed by atoms with Crippen molar-refractivity contribution < 1.29 is 22.8 Å². The smallest absolute Gasteiger partial charge is 0.346 e. The first-order valence-corrected chi connectivity index (χ1v) is 10.2. The van der Waals surface area contributed by atoms with Gasteiger partial charge in [-0.1, -0.05) is 6.07 Å². The average molecular weight is 443 g/mol. The van der Waals surface area contributed by atoms with Crippen LogP contribution in [-0.2, 0) is 6.18 Å². The molecule has 2 fully saturated rings. The lowest BCUT2D eigenvalue weighted by atomic mass is 9.60. The fourth-order valence-corrected chi connectivity index (χ4v) is 4.70. The molecule has 0 radical (unpaired) electrons. The highest BCUT2D eigenvalue weighted by Crippen LogP contribution is 2.48. The van der Waals surface area contributed by atoms with Gasteiger partial charge in [0.25, 0.3) is 5.91 Å². The van der Waals surface area contributed by atoms with Crippen LogP contribution in [0.2, 0.25) is 0 Å². The topological polar surface area (TPSA) is 90.1 Å². The summed E-state index contributed by atoms with van der Waals surface area (Å²) in [5.74, 6) is -0.0404. The summed E-state index contributed by atoms with van der Waals surface area (Å²) in [6.07, 6.45) is 0.336. The monoisotopic (exact) mass is 443 g/mol. The van der Waals surface area contributed by atoms with Crippen molar-refractivity contribution in [1.29, 1.82) is 0 Å². The number of hydrogen-bond acceptors (Lipinski definition) is 3. The van der Waals surface area contributed by atoms with Crippen LogP contribution >= 0.6 is 0 Å². The summed E-state index contributed by atoms with van der Waals surface area (Å²) in [6.45, 7) is 1.24. The van der Waals surface area contributed by atoms with Gasteiger partial charge >= 0.3 is 12.2 Å². The maximum atomic E-state index is 12.9. The number of aromatic amines is 1. The highest BCUT2D eigenvalue weighted by atomic mass is 19.4. The molecule has 166 valence electrons. The lowest BCUT2D eigenvalue weighted by molar-refractivity contribution is -0.137. The summed E-state index contributed by atoms with van der Waals surface area (Å²) in [5.41, 5.74) is 0.545. The van der Waals surface area contributed by atoms with Gasteiger partial charge in [-0.25, -0.2) is 9.78 Å². The summed E-state index contributed by atoms with van der Waals surface area (Å²) < 4.78 is 38.4. The van der Waals surface area contributed by atoms with Gasteiger partial charge in [-0.15, -0.1) is 0 Å². The molecule has 3 aromatic rings. The SMILES string of the molecule is O=C(Nc1cccc(C(F)(F)F)c1)NC1CC2(C1)CN(C(=O)c1ccnc3[nH]ccc13)C2. The molecule has 1 spiro atoms. The number of anilines is 1. The fourth-order valence-electron chi connectivity index (χ4n) is 4.70. The van der Waals surface area contributed by atoms with Crippen LogP contribution in [0.1, 0.15) is 28.8 Å². The second-order valence-electron chi connectivity index (χ2n) is 8.54. The molecule has 0 unspecified atom stereocenters. The normalized spacial score (nSPS) is 17.7. The minimum atomic E-state index is -4.47. The third-order valence-corrected chi connectivity index (χ3v) is 6.17. The Kier molecular flexibility index (Phi) is 4.61. The number of urea groups is 1. The number of alkyl halides is 3. The molecular formula is C22H20F3N5O2. The summed E-state index contributed by atoms with van der Waals surface area (Å²) in [5, 5.41) is 6.04. The summed E-state index contributed by atoms with van der Waals surface area (Å²) >= 11 is 0. The number of halogens is 3. The van der Waals surface area contributed by atoms with Gasteiger partial charge in [-0.2, -0.15) is 13.2 Å². The van der Waals surface area contributed by atoms with Gasteiger partial charge in [0.1, 0.15) is 5.65 Å². The van der Waals surface area contributed by atoms with Crippen LogP contribution in [0.4, 0.5) is 23.7 Å². The van der Waals surface area contributed by atoms with E-state index in [2.05, 4.69) is 20.6 Å². The van der Waals surface area contributed by atoms with Crippen molar-refractivity contribution in [3.05, 3.63) is 59.9 Å². The first-order valence-electron chi connectivity index (χ1n) is 10.2. The van der Waals surface area contributed by atoms with E-state index in [0.717, 1.165) is 30.4 Å². The van der Waals surface area contributed by atoms with Crippen LogP contribution in [0.25, 0.3) is 11.0 Å². The molecule has 1 aliphatic carbocycles. The minimum Gasteiger partial charge on any atom is -0.346 e. The van der Waals surface area contributed by atoms with Gasteiger partial charge in [0.15, 0.2) is 0 Å². The Morgan fingerprint density at radius 1 is 1.16 bits per heavy atom. The Balaban J connectivity index is 1.12. The van der Waals surface area contributed by atoms with E-state index in [4.69, 9.17) is 0 Å². The number of benzene rings is 1. The molecule has 1 aliphatic heterocycles. The highest BCUT2D eigenvalue weighted by molar-refractivity contribution is 6.05. The number of carbonyl (C=O) groups is 2. The number of amides is 3. The molecule has 3 N–H and O–H groups in total. The molecule has 1 saturated carbocycles. The summed E-state index contributed by atoms with van der Waals surface area (Å²) in [4.78, 5) is 34.0. The number of fused-ring (bicyclic) bond motifs is 1. The maximum absolute atomic E-state index is 12.9. The largest absolute Gasteiger partial charge is 0.416 e. The van der Waals surface area contributed by atoms with Crippen molar-refractivity contribution in [2.75, 3.05) is 18.4 Å². The predicted molar refractivity (Wildman–Crippen MR) is 111 cm³/mol. The number of aromatic nitrogens is 2. The van der Waals surface area contributed by atoms with Gasteiger partial charge in [-0.05, 0) is 43.2 Å². The van der Waals surface area contributed by atoms with Crippen molar-refractivity contribution in [2.45, 2.75) is 25.1 Å². The standard InChI is InChI=1S/C22H20F3N5O2/c23-22(24,25)13-2-1-3-14(8-13)28-20(32)29-15-9-21(10-15)11-30(12-21)19(31)17-5-7-27-18-16(17)4-6-26-18/h1-8,15H,9-12H2,(H,26,27)(H2,28,29,32). The lowest BCUT2D eigenvalue weighted by Gasteiger charge is -2.59. The van der Waals surface area contributed by atoms with Crippen molar-refractivity contribution in [3.8, 4) is 0 Å². The summed E-state index contributed by atoms with van der Waals surface area (Å²) in [6, 6.07) is 7.45. The average Bonchev–Trinajstić information content (AvgIpc) is 3.16. The molecule has 2 aliphatic rings. The molecule has 3 amide bonds. The van der Waals surface area contributed by atoms with Gasteiger partial charge in [0.2, 0.25) is 0 Å². The van der Waals surface area contributed by atoms with E-state index < -0.39 is 17.8 Å². The zero-order chi connectivity index (χ0) is 22.5. The number of nitrogens with one attached hydrogen (secondary N) is 3. The van der Waals surface area contributed by atoms with E-state index in [1.807, 2.05) is 6.07 Å². The number of nitrogens with zero attached hydrogens (tertiary/aromatic N) is 2. The second kappa shape index (κ2) is 7.25. The Labute approximate surface area is 181 Å². The number of carbonyl (C=O) groups excluding carboxylic acids is 2. The molecule has 1 saturated heterocycles. The Morgan fingerprint density at radius 3 is 2.69 bits per heavy atom. The molecule has 0 bridgehead atoms. The highest BCUT2D eigenvalue weighted by Gasteiger charge is 2.54. The van der Waals surface area contributed by atoms with E-state index >= 15 is 0 Å². The first-order chi connectivity index (χ1) is 15.2. The van der Waals surface area contributed by atoms with Crippen LogP contribution in [0, 0.1) is 5.41 Å². The number of likely N-dealkylation sites (tertiary alicyclic amines) is 1. The number of pyridine rings is 1. The van der Waals surface area contributed by atoms with Crippen LogP contribution in [0.3, 0.4) is 0 Å². The molecular weight excluding hydrogens is 423 g/mol. The molecule has 3 heterocycles. The molecule has 2 aromatic heterocycles. The number of rotatable bonds is 3. The van der Waals surface area contributed by atoms with E-state index in [1.165, 1.54) is 12.1 Å². The minimum absolute atomic E-state index is 0.00585. The zero-order valence-electron chi connectivity index (χ0n) is 16.9. The van der Waals surface area contributed by atoms with Crippen molar-refractivity contribution in [3.63, 3.8) is 0 Å². The van der Waals surface area contributed by atoms with E-state index in [0.29, 0.717) is 24.3 Å². The molecule has 5 rings (SSSR count). The second-order valence-corrected chi connectivity index (χ2v) is 8.54. The van der Waals surface area contributed by atoms with E-state index in [1.54, 1.807) is 23.4 Å². The molecule has 7 nitrogen and oxygen atoms in total. The van der Waals surface area contributed by atoms with Gasteiger partial charge in [-0.3, -0.25) is 4.79 Å². The van der Waals surface area contributed by atoms with Gasteiger partial charge in [0.05, 0.1) is 11.1 Å². The molecule has 10 heteroatoms.